The van der Waals surface area contributed by atoms with Gasteiger partial charge in [-0.25, -0.2) is 19.3 Å². The highest BCUT2D eigenvalue weighted by atomic mass is 19.1. The normalized spacial score (nSPS) is 15.7. The molecule has 6 rings (SSSR count). The summed E-state index contributed by atoms with van der Waals surface area (Å²) < 4.78 is 16.7. The number of nitrogens with zero attached hydrogens (tertiary/aromatic N) is 4. The lowest BCUT2D eigenvalue weighted by molar-refractivity contribution is 0.618. The van der Waals surface area contributed by atoms with E-state index in [9.17, 15) is 0 Å². The summed E-state index contributed by atoms with van der Waals surface area (Å²) in [7, 11) is 0. The van der Waals surface area contributed by atoms with E-state index in [0.29, 0.717) is 28.8 Å². The van der Waals surface area contributed by atoms with Gasteiger partial charge < -0.3 is 15.2 Å². The average molecular weight is 465 g/mol. The number of fused-ring (bicyclic) bond motifs is 1. The summed E-state index contributed by atoms with van der Waals surface area (Å²) in [5.41, 5.74) is 6.45. The highest BCUT2D eigenvalue weighted by molar-refractivity contribution is 5.80. The summed E-state index contributed by atoms with van der Waals surface area (Å²) in [6, 6.07) is 13.1. The molecule has 0 unspecified atom stereocenters. The summed E-state index contributed by atoms with van der Waals surface area (Å²) in [4.78, 5) is 13.4. The first-order valence-electron chi connectivity index (χ1n) is 11.9. The van der Waals surface area contributed by atoms with Crippen LogP contribution in [0.25, 0.3) is 28.8 Å². The second-order valence-corrected chi connectivity index (χ2v) is 8.84. The van der Waals surface area contributed by atoms with E-state index in [1.54, 1.807) is 29.2 Å². The van der Waals surface area contributed by atoms with Crippen molar-refractivity contribution in [1.29, 1.82) is 0 Å². The first-order valence-corrected chi connectivity index (χ1v) is 11.9. The van der Waals surface area contributed by atoms with Gasteiger partial charge >= 0.3 is 0 Å². The Morgan fingerprint density at radius 2 is 2.06 bits per heavy atom. The van der Waals surface area contributed by atoms with Crippen LogP contribution in [-0.2, 0) is 0 Å². The summed E-state index contributed by atoms with van der Waals surface area (Å²) in [5, 5.41) is 6.65. The van der Waals surface area contributed by atoms with Gasteiger partial charge in [0.05, 0.1) is 17.7 Å². The second kappa shape index (κ2) is 8.83. The molecule has 2 aromatic heterocycles. The van der Waals surface area contributed by atoms with E-state index in [2.05, 4.69) is 56.8 Å². The number of halogens is 1. The van der Waals surface area contributed by atoms with Gasteiger partial charge in [0.2, 0.25) is 0 Å². The van der Waals surface area contributed by atoms with Crippen LogP contribution in [0, 0.1) is 5.82 Å². The molecule has 3 heterocycles. The maximum Gasteiger partial charge on any atom is 0.161 e. The maximum atomic E-state index is 15.0. The van der Waals surface area contributed by atoms with Gasteiger partial charge in [-0.3, -0.25) is 0 Å². The maximum absolute atomic E-state index is 15.0. The van der Waals surface area contributed by atoms with Crippen molar-refractivity contribution in [3.8, 4) is 17.1 Å². The van der Waals surface area contributed by atoms with Crippen molar-refractivity contribution in [1.82, 2.24) is 24.8 Å². The second-order valence-electron chi connectivity index (χ2n) is 8.84. The predicted octanol–water partition coefficient (Wildman–Crippen LogP) is 6.41. The molecule has 2 N–H and O–H groups in total. The summed E-state index contributed by atoms with van der Waals surface area (Å²) in [6.07, 6.45) is 14.7. The number of allylic oxidation sites excluding steroid dienone is 1. The SMILES string of the molecule is CC/C=C1/NC=Cc2cc(Nc3ccnc(-c4ccc(-n5cnc(C6CC6)c5)c(F)c4)n3)ccc21. The third-order valence-corrected chi connectivity index (χ3v) is 6.26. The first-order chi connectivity index (χ1) is 17.2. The van der Waals surface area contributed by atoms with Crippen molar-refractivity contribution in [2.75, 3.05) is 5.32 Å². The molecule has 174 valence electrons. The van der Waals surface area contributed by atoms with Crippen molar-refractivity contribution >= 4 is 23.3 Å². The van der Waals surface area contributed by atoms with Crippen molar-refractivity contribution in [3.05, 3.63) is 96.1 Å². The van der Waals surface area contributed by atoms with Crippen molar-refractivity contribution in [3.63, 3.8) is 0 Å². The van der Waals surface area contributed by atoms with Gasteiger partial charge in [0.15, 0.2) is 5.82 Å². The Balaban J connectivity index is 1.24. The van der Waals surface area contributed by atoms with Gasteiger partial charge in [0, 0.05) is 47.0 Å². The Morgan fingerprint density at radius 3 is 2.89 bits per heavy atom. The summed E-state index contributed by atoms with van der Waals surface area (Å²) in [6.45, 7) is 2.12. The average Bonchev–Trinajstić information content (AvgIpc) is 3.61. The molecule has 1 aliphatic heterocycles. The van der Waals surface area contributed by atoms with Gasteiger partial charge in [-0.05, 0) is 67.3 Å². The molecule has 2 aromatic carbocycles. The summed E-state index contributed by atoms with van der Waals surface area (Å²) in [5.74, 6) is 1.29. The van der Waals surface area contributed by atoms with Gasteiger partial charge in [-0.1, -0.05) is 19.1 Å². The number of hydrogen-bond acceptors (Lipinski definition) is 5. The van der Waals surface area contributed by atoms with Gasteiger partial charge in [0.25, 0.3) is 0 Å². The van der Waals surface area contributed by atoms with Crippen LogP contribution in [0.3, 0.4) is 0 Å². The molecular weight excluding hydrogens is 439 g/mol. The minimum atomic E-state index is -0.338. The fourth-order valence-corrected chi connectivity index (χ4v) is 4.33. The Morgan fingerprint density at radius 1 is 1.14 bits per heavy atom. The van der Waals surface area contributed by atoms with E-state index in [1.165, 1.54) is 11.6 Å². The lowest BCUT2D eigenvalue weighted by atomic mass is 10.0. The molecule has 1 saturated carbocycles. The number of hydrogen-bond donors (Lipinski definition) is 2. The van der Waals surface area contributed by atoms with Crippen LogP contribution in [0.1, 0.15) is 48.9 Å². The fourth-order valence-electron chi connectivity index (χ4n) is 4.33. The fraction of sp³-hybridized carbons (Fsp3) is 0.179. The van der Waals surface area contributed by atoms with Gasteiger partial charge in [-0.15, -0.1) is 0 Å². The van der Waals surface area contributed by atoms with Crippen LogP contribution in [0.15, 0.2) is 73.5 Å². The van der Waals surface area contributed by atoms with E-state index in [-0.39, 0.29) is 5.82 Å². The van der Waals surface area contributed by atoms with Crippen molar-refractivity contribution in [2.24, 2.45) is 0 Å². The summed E-state index contributed by atoms with van der Waals surface area (Å²) >= 11 is 0. The molecule has 7 heteroatoms. The highest BCUT2D eigenvalue weighted by Gasteiger charge is 2.26. The largest absolute Gasteiger partial charge is 0.361 e. The lowest BCUT2D eigenvalue weighted by Crippen LogP contribution is -2.09. The minimum Gasteiger partial charge on any atom is -0.361 e. The zero-order valence-electron chi connectivity index (χ0n) is 19.4. The topological polar surface area (TPSA) is 67.7 Å². The molecule has 1 aliphatic carbocycles. The standard InChI is InChI=1S/C28H25FN6/c1-2-3-24-22-8-7-21(14-19(22)10-12-30-24)33-27-11-13-31-28(34-27)20-6-9-26(23(29)15-20)35-16-25(32-17-35)18-4-5-18/h3,6-18,30H,2,4-5H2,1H3,(H,31,33,34)/b24-3+. The van der Waals surface area contributed by atoms with Crippen LogP contribution in [0.2, 0.25) is 0 Å². The van der Waals surface area contributed by atoms with E-state index in [4.69, 9.17) is 0 Å². The monoisotopic (exact) mass is 464 g/mol. The lowest BCUT2D eigenvalue weighted by Gasteiger charge is -2.17. The number of anilines is 2. The first kappa shape index (κ1) is 21.3. The van der Waals surface area contributed by atoms with Crippen molar-refractivity contribution in [2.45, 2.75) is 32.1 Å². The molecule has 0 radical (unpaired) electrons. The van der Waals surface area contributed by atoms with Crippen LogP contribution in [0.5, 0.6) is 0 Å². The Kier molecular flexibility index (Phi) is 5.37. The van der Waals surface area contributed by atoms with Crippen LogP contribution in [0.4, 0.5) is 15.9 Å². The van der Waals surface area contributed by atoms with E-state index >= 15 is 4.39 Å². The number of aromatic nitrogens is 4. The molecule has 0 bridgehead atoms. The van der Waals surface area contributed by atoms with Gasteiger partial charge in [0.1, 0.15) is 11.6 Å². The van der Waals surface area contributed by atoms with Crippen molar-refractivity contribution < 1.29 is 4.39 Å². The van der Waals surface area contributed by atoms with E-state index < -0.39 is 0 Å². The number of nitrogens with one attached hydrogen (secondary N) is 2. The quantitative estimate of drug-likeness (QED) is 0.345. The van der Waals surface area contributed by atoms with E-state index in [1.807, 2.05) is 24.5 Å². The zero-order valence-corrected chi connectivity index (χ0v) is 19.4. The smallest absolute Gasteiger partial charge is 0.161 e. The minimum absolute atomic E-state index is 0.338. The third kappa shape index (κ3) is 4.33. The number of rotatable bonds is 6. The molecule has 0 amide bonds. The Hall–Kier alpha value is -4.26. The zero-order chi connectivity index (χ0) is 23.8. The van der Waals surface area contributed by atoms with Crippen LogP contribution < -0.4 is 10.6 Å². The molecule has 1 fully saturated rings. The highest BCUT2D eigenvalue weighted by Crippen LogP contribution is 2.39. The molecule has 35 heavy (non-hydrogen) atoms. The molecule has 0 saturated heterocycles. The molecular formula is C28H25FN6. The Bertz CT molecular complexity index is 1460. The molecule has 2 aliphatic rings. The van der Waals surface area contributed by atoms with Crippen LogP contribution >= 0.6 is 0 Å². The number of benzene rings is 2. The molecule has 6 nitrogen and oxygen atoms in total. The van der Waals surface area contributed by atoms with E-state index in [0.717, 1.165) is 41.9 Å². The van der Waals surface area contributed by atoms with Crippen LogP contribution in [-0.4, -0.2) is 19.5 Å². The molecule has 0 atom stereocenters. The van der Waals surface area contributed by atoms with Gasteiger partial charge in [-0.2, -0.15) is 0 Å². The molecule has 0 spiro atoms. The number of imidazole rings is 1. The third-order valence-electron chi connectivity index (χ3n) is 6.26. The Labute approximate surface area is 203 Å². The predicted molar refractivity (Wildman–Crippen MR) is 137 cm³/mol. The molecule has 4 aromatic rings.